The largest absolute Gasteiger partial charge is 0.742 e. The van der Waals surface area contributed by atoms with E-state index in [1.54, 1.807) is 6.92 Å². The number of hydrogen-bond donors (Lipinski definition) is 0. The summed E-state index contributed by atoms with van der Waals surface area (Å²) in [4.78, 5) is 9.63. The number of carbonyl (C=O) groups is 1. The highest BCUT2D eigenvalue weighted by Crippen LogP contribution is 1.69. The quantitative estimate of drug-likeness (QED) is 0.434. The standard InChI is InChI=1S/C3H6OS/c1-2-3(4)5/h2H2,1H3,(H,4,5)/p-1. The first-order valence-electron chi connectivity index (χ1n) is 1.47. The van der Waals surface area contributed by atoms with Crippen LogP contribution >= 0.6 is 0 Å². The zero-order chi connectivity index (χ0) is 4.28. The van der Waals surface area contributed by atoms with E-state index in [0.717, 1.165) is 0 Å². The van der Waals surface area contributed by atoms with E-state index in [-0.39, 0.29) is 5.12 Å². The van der Waals surface area contributed by atoms with Crippen molar-refractivity contribution in [3.8, 4) is 0 Å². The molecule has 0 heterocycles. The molecule has 2 heteroatoms. The summed E-state index contributed by atoms with van der Waals surface area (Å²) in [6.07, 6.45) is 0.481. The first-order chi connectivity index (χ1) is 2.27. The van der Waals surface area contributed by atoms with Gasteiger partial charge in [0, 0.05) is 5.12 Å². The summed E-state index contributed by atoms with van der Waals surface area (Å²) in [5, 5.41) is -0.162. The molecule has 0 aromatic heterocycles. The van der Waals surface area contributed by atoms with Gasteiger partial charge in [0.05, 0.1) is 0 Å². The van der Waals surface area contributed by atoms with E-state index in [2.05, 4.69) is 12.6 Å². The van der Waals surface area contributed by atoms with E-state index in [1.807, 2.05) is 0 Å². The number of carbonyl (C=O) groups excluding carboxylic acids is 1. The minimum absolute atomic E-state index is 0.162. The van der Waals surface area contributed by atoms with E-state index in [0.29, 0.717) is 6.42 Å². The van der Waals surface area contributed by atoms with Crippen LogP contribution in [0.2, 0.25) is 0 Å². The van der Waals surface area contributed by atoms with Gasteiger partial charge < -0.3 is 17.4 Å². The molecule has 0 unspecified atom stereocenters. The van der Waals surface area contributed by atoms with Gasteiger partial charge in [0.25, 0.3) is 0 Å². The Morgan fingerprint density at radius 3 is 2.20 bits per heavy atom. The minimum atomic E-state index is -0.162. The molecule has 1 nitrogen and oxygen atoms in total. The molecular formula is C3H5OS-. The van der Waals surface area contributed by atoms with Crippen molar-refractivity contribution >= 4 is 17.7 Å². The lowest BCUT2D eigenvalue weighted by atomic mass is 10.6. The van der Waals surface area contributed by atoms with E-state index in [9.17, 15) is 4.79 Å². The van der Waals surface area contributed by atoms with Crippen molar-refractivity contribution in [2.75, 3.05) is 0 Å². The van der Waals surface area contributed by atoms with Gasteiger partial charge in [0.2, 0.25) is 0 Å². The monoisotopic (exact) mass is 89.0 g/mol. The molecule has 30 valence electrons. The van der Waals surface area contributed by atoms with Crippen LogP contribution in [0.1, 0.15) is 13.3 Å². The van der Waals surface area contributed by atoms with Gasteiger partial charge in [-0.2, -0.15) is 0 Å². The molecular weight excluding hydrogens is 84.1 g/mol. The molecule has 0 amide bonds. The highest BCUT2D eigenvalue weighted by molar-refractivity contribution is 7.77. The van der Waals surface area contributed by atoms with Crippen molar-refractivity contribution in [1.29, 1.82) is 0 Å². The maximum absolute atomic E-state index is 9.63. The molecule has 0 saturated carbocycles. The van der Waals surface area contributed by atoms with Crippen LogP contribution in [0.15, 0.2) is 0 Å². The Labute approximate surface area is 36.8 Å². The molecule has 0 aliphatic carbocycles. The summed E-state index contributed by atoms with van der Waals surface area (Å²) in [5.41, 5.74) is 0. The highest BCUT2D eigenvalue weighted by Gasteiger charge is 1.63. The second kappa shape index (κ2) is 2.15. The van der Waals surface area contributed by atoms with Crippen LogP contribution < -0.4 is 0 Å². The topological polar surface area (TPSA) is 17.1 Å². The van der Waals surface area contributed by atoms with Crippen molar-refractivity contribution in [3.63, 3.8) is 0 Å². The Morgan fingerprint density at radius 2 is 2.20 bits per heavy atom. The third-order valence-electron chi connectivity index (χ3n) is 0.289. The normalized spacial score (nSPS) is 7.40. The average Bonchev–Trinajstić information content (AvgIpc) is 1.38. The molecule has 0 aromatic carbocycles. The average molecular weight is 89.1 g/mol. The molecule has 0 rings (SSSR count). The predicted octanol–water partition coefficient (Wildman–Crippen LogP) is 0.470. The summed E-state index contributed by atoms with van der Waals surface area (Å²) in [6.45, 7) is 1.75. The third-order valence-corrected chi connectivity index (χ3v) is 0.577. The maximum Gasteiger partial charge on any atom is 0.0116 e. The van der Waals surface area contributed by atoms with Crippen molar-refractivity contribution in [2.45, 2.75) is 13.3 Å². The van der Waals surface area contributed by atoms with Gasteiger partial charge in [-0.05, 0) is 6.42 Å². The van der Waals surface area contributed by atoms with Gasteiger partial charge in [-0.15, -0.1) is 0 Å². The highest BCUT2D eigenvalue weighted by atomic mass is 32.1. The Morgan fingerprint density at radius 1 is 2.00 bits per heavy atom. The van der Waals surface area contributed by atoms with E-state index in [4.69, 9.17) is 0 Å². The third kappa shape index (κ3) is 3.89. The lowest BCUT2D eigenvalue weighted by Gasteiger charge is -1.91. The number of hydrogen-bond acceptors (Lipinski definition) is 2. The van der Waals surface area contributed by atoms with Gasteiger partial charge in [-0.25, -0.2) is 0 Å². The second-order valence-electron chi connectivity index (χ2n) is 0.726. The van der Waals surface area contributed by atoms with Crippen LogP contribution in [0.4, 0.5) is 0 Å². The summed E-state index contributed by atoms with van der Waals surface area (Å²) in [6, 6.07) is 0. The van der Waals surface area contributed by atoms with Crippen LogP contribution in [0.3, 0.4) is 0 Å². The minimum Gasteiger partial charge on any atom is -0.742 e. The van der Waals surface area contributed by atoms with E-state index in [1.165, 1.54) is 0 Å². The van der Waals surface area contributed by atoms with E-state index >= 15 is 0 Å². The van der Waals surface area contributed by atoms with Crippen molar-refractivity contribution < 1.29 is 4.79 Å². The molecule has 0 aliphatic rings. The van der Waals surface area contributed by atoms with Crippen LogP contribution in [-0.2, 0) is 17.4 Å². The second-order valence-corrected chi connectivity index (χ2v) is 1.18. The Kier molecular flexibility index (Phi) is 2.10. The zero-order valence-corrected chi connectivity index (χ0v) is 3.84. The smallest absolute Gasteiger partial charge is 0.0116 e. The molecule has 0 radical (unpaired) electrons. The maximum atomic E-state index is 9.63. The van der Waals surface area contributed by atoms with Gasteiger partial charge in [-0.3, -0.25) is 0 Å². The van der Waals surface area contributed by atoms with Crippen LogP contribution in [0.25, 0.3) is 0 Å². The molecule has 0 spiro atoms. The Balaban J connectivity index is 2.85. The lowest BCUT2D eigenvalue weighted by molar-refractivity contribution is -0.110. The first-order valence-corrected chi connectivity index (χ1v) is 1.88. The fraction of sp³-hybridized carbons (Fsp3) is 0.667. The van der Waals surface area contributed by atoms with Gasteiger partial charge in [0.15, 0.2) is 0 Å². The molecule has 0 aliphatic heterocycles. The van der Waals surface area contributed by atoms with Crippen molar-refractivity contribution in [3.05, 3.63) is 0 Å². The summed E-state index contributed by atoms with van der Waals surface area (Å²) >= 11 is 4.14. The summed E-state index contributed by atoms with van der Waals surface area (Å²) < 4.78 is 0. The van der Waals surface area contributed by atoms with Crippen LogP contribution in [-0.4, -0.2) is 5.12 Å². The SMILES string of the molecule is CCC(=O)[S-]. The van der Waals surface area contributed by atoms with Crippen LogP contribution in [0.5, 0.6) is 0 Å². The molecule has 0 N–H and O–H groups in total. The van der Waals surface area contributed by atoms with Crippen molar-refractivity contribution in [2.24, 2.45) is 0 Å². The Hall–Kier alpha value is -0.110. The van der Waals surface area contributed by atoms with Gasteiger partial charge >= 0.3 is 0 Å². The molecule has 0 saturated heterocycles. The fourth-order valence-corrected chi connectivity index (χ4v) is 0. The Bertz CT molecular complexity index is 42.2. The van der Waals surface area contributed by atoms with Gasteiger partial charge in [0.1, 0.15) is 0 Å². The summed E-state index contributed by atoms with van der Waals surface area (Å²) in [7, 11) is 0. The van der Waals surface area contributed by atoms with Crippen LogP contribution in [0, 0.1) is 0 Å². The van der Waals surface area contributed by atoms with Gasteiger partial charge in [-0.1, -0.05) is 6.92 Å². The fourth-order valence-electron chi connectivity index (χ4n) is 0. The molecule has 0 fully saturated rings. The van der Waals surface area contributed by atoms with E-state index < -0.39 is 0 Å². The molecule has 0 aromatic rings. The molecule has 0 bridgehead atoms. The summed E-state index contributed by atoms with van der Waals surface area (Å²) in [5.74, 6) is 0. The first kappa shape index (κ1) is 4.89. The number of rotatable bonds is 1. The molecule has 5 heavy (non-hydrogen) atoms. The lowest BCUT2D eigenvalue weighted by Crippen LogP contribution is -1.82. The predicted molar refractivity (Wildman–Crippen MR) is 22.7 cm³/mol. The van der Waals surface area contributed by atoms with Crippen molar-refractivity contribution in [1.82, 2.24) is 0 Å². The zero-order valence-electron chi connectivity index (χ0n) is 3.02. The molecule has 0 atom stereocenters.